The van der Waals surface area contributed by atoms with E-state index >= 15 is 0 Å². The predicted molar refractivity (Wildman–Crippen MR) is 104 cm³/mol. The molecule has 0 fully saturated rings. The quantitative estimate of drug-likeness (QED) is 0.248. The largest absolute Gasteiger partial charge is 0.507 e. The van der Waals surface area contributed by atoms with E-state index < -0.39 is 0 Å². The Labute approximate surface area is 149 Å². The highest BCUT2D eigenvalue weighted by molar-refractivity contribution is 6.19. The van der Waals surface area contributed by atoms with Gasteiger partial charge in [0.15, 0.2) is 0 Å². The molecular weight excluding hydrogens is 328 g/mol. The molecule has 5 nitrogen and oxygen atoms in total. The molecule has 0 aliphatic heterocycles. The number of benzene rings is 4. The fraction of sp³-hybridized carbons (Fsp3) is 0. The molecule has 5 heteroatoms. The van der Waals surface area contributed by atoms with Crippen molar-refractivity contribution in [1.29, 1.82) is 0 Å². The van der Waals surface area contributed by atoms with E-state index in [4.69, 9.17) is 5.73 Å². The van der Waals surface area contributed by atoms with Crippen LogP contribution in [-0.4, -0.2) is 16.1 Å². The third kappa shape index (κ3) is 2.38. The first-order valence-electron chi connectivity index (χ1n) is 8.09. The lowest BCUT2D eigenvalue weighted by atomic mass is 9.98. The van der Waals surface area contributed by atoms with Gasteiger partial charge in [0.2, 0.25) is 0 Å². The Bertz CT molecular complexity index is 1150. The number of hydrogen-bond donors (Lipinski definition) is 4. The summed E-state index contributed by atoms with van der Waals surface area (Å²) in [7, 11) is 0. The number of carbonyl (C=O) groups is 1. The maximum Gasteiger partial charge on any atom is 0.255 e. The molecule has 0 heterocycles. The standard InChI is InChI=1S/C21H16N2O3/c22-15-10-4-8-13-17(15)19(24)14-9-5-11-16(18(14)20(13)25)23-21(26)12-6-2-1-3-7-12/h1-11,24-25H,22H2,(H,23,26). The van der Waals surface area contributed by atoms with E-state index in [1.54, 1.807) is 60.7 Å². The Morgan fingerprint density at radius 2 is 1.38 bits per heavy atom. The van der Waals surface area contributed by atoms with Crippen LogP contribution >= 0.6 is 0 Å². The Morgan fingerprint density at radius 1 is 0.769 bits per heavy atom. The van der Waals surface area contributed by atoms with Crippen molar-refractivity contribution in [2.75, 3.05) is 11.1 Å². The van der Waals surface area contributed by atoms with Crippen molar-refractivity contribution in [2.24, 2.45) is 0 Å². The summed E-state index contributed by atoms with van der Waals surface area (Å²) in [6.07, 6.45) is 0. The van der Waals surface area contributed by atoms with Crippen molar-refractivity contribution < 1.29 is 15.0 Å². The lowest BCUT2D eigenvalue weighted by Gasteiger charge is -2.15. The molecule has 0 aliphatic carbocycles. The molecule has 0 saturated heterocycles. The molecule has 0 atom stereocenters. The monoisotopic (exact) mass is 344 g/mol. The van der Waals surface area contributed by atoms with Crippen LogP contribution in [0.4, 0.5) is 11.4 Å². The first-order valence-corrected chi connectivity index (χ1v) is 8.09. The average Bonchev–Trinajstić information content (AvgIpc) is 2.66. The van der Waals surface area contributed by atoms with Crippen LogP contribution in [0.5, 0.6) is 11.5 Å². The molecule has 4 aromatic carbocycles. The molecule has 4 aromatic rings. The summed E-state index contributed by atoms with van der Waals surface area (Å²) in [5.41, 5.74) is 7.25. The first kappa shape index (κ1) is 15.8. The minimum absolute atomic E-state index is 0.0262. The molecule has 1 amide bonds. The highest BCUT2D eigenvalue weighted by Gasteiger charge is 2.18. The highest BCUT2D eigenvalue weighted by atomic mass is 16.3. The molecule has 0 aliphatic rings. The number of phenolic OH excluding ortho intramolecular Hbond substituents is 2. The number of anilines is 2. The summed E-state index contributed by atoms with van der Waals surface area (Å²) in [4.78, 5) is 12.5. The maximum absolute atomic E-state index is 12.5. The van der Waals surface area contributed by atoms with E-state index in [9.17, 15) is 15.0 Å². The molecular formula is C21H16N2O3. The second-order valence-electron chi connectivity index (χ2n) is 6.02. The van der Waals surface area contributed by atoms with Gasteiger partial charge in [0.1, 0.15) is 11.5 Å². The molecule has 0 radical (unpaired) electrons. The fourth-order valence-electron chi connectivity index (χ4n) is 3.19. The average molecular weight is 344 g/mol. The van der Waals surface area contributed by atoms with Gasteiger partial charge in [-0.25, -0.2) is 0 Å². The number of rotatable bonds is 2. The van der Waals surface area contributed by atoms with Crippen LogP contribution in [0.1, 0.15) is 10.4 Å². The zero-order chi connectivity index (χ0) is 18.3. The van der Waals surface area contributed by atoms with E-state index in [2.05, 4.69) is 5.32 Å². The molecule has 4 rings (SSSR count). The van der Waals surface area contributed by atoms with Gasteiger partial charge >= 0.3 is 0 Å². The Kier molecular flexibility index (Phi) is 3.62. The number of fused-ring (bicyclic) bond motifs is 2. The van der Waals surface area contributed by atoms with Crippen molar-refractivity contribution in [2.45, 2.75) is 0 Å². The summed E-state index contributed by atoms with van der Waals surface area (Å²) in [5, 5.41) is 25.9. The van der Waals surface area contributed by atoms with E-state index in [0.717, 1.165) is 0 Å². The molecule has 0 spiro atoms. The Balaban J connectivity index is 1.95. The summed E-state index contributed by atoms with van der Waals surface area (Å²) < 4.78 is 0. The maximum atomic E-state index is 12.5. The van der Waals surface area contributed by atoms with Crippen LogP contribution in [0.2, 0.25) is 0 Å². The van der Waals surface area contributed by atoms with Crippen molar-refractivity contribution in [3.8, 4) is 11.5 Å². The van der Waals surface area contributed by atoms with Crippen LogP contribution in [0.3, 0.4) is 0 Å². The van der Waals surface area contributed by atoms with Gasteiger partial charge in [-0.2, -0.15) is 0 Å². The van der Waals surface area contributed by atoms with E-state index in [-0.39, 0.29) is 17.4 Å². The number of nitrogens with one attached hydrogen (secondary N) is 1. The number of nitrogens with two attached hydrogens (primary N) is 1. The van der Waals surface area contributed by atoms with Crippen molar-refractivity contribution in [3.05, 3.63) is 72.3 Å². The minimum Gasteiger partial charge on any atom is -0.507 e. The van der Waals surface area contributed by atoms with Gasteiger partial charge in [0, 0.05) is 22.0 Å². The van der Waals surface area contributed by atoms with Gasteiger partial charge in [-0.05, 0) is 24.3 Å². The predicted octanol–water partition coefficient (Wildman–Crippen LogP) is 4.24. The number of hydrogen-bond acceptors (Lipinski definition) is 4. The topological polar surface area (TPSA) is 95.6 Å². The second-order valence-corrected chi connectivity index (χ2v) is 6.02. The molecule has 0 saturated carbocycles. The third-order valence-electron chi connectivity index (χ3n) is 4.43. The SMILES string of the molecule is Nc1cccc2c(O)c3c(NC(=O)c4ccccc4)cccc3c(O)c12. The summed E-state index contributed by atoms with van der Waals surface area (Å²) in [5.74, 6) is -0.365. The molecule has 0 unspecified atom stereocenters. The number of amides is 1. The lowest BCUT2D eigenvalue weighted by molar-refractivity contribution is 0.102. The van der Waals surface area contributed by atoms with Crippen LogP contribution in [-0.2, 0) is 0 Å². The molecule has 5 N–H and O–H groups in total. The van der Waals surface area contributed by atoms with Crippen LogP contribution in [0.25, 0.3) is 21.5 Å². The van der Waals surface area contributed by atoms with Crippen LogP contribution in [0, 0.1) is 0 Å². The van der Waals surface area contributed by atoms with Gasteiger partial charge in [0.25, 0.3) is 5.91 Å². The summed E-state index contributed by atoms with van der Waals surface area (Å²) >= 11 is 0. The smallest absolute Gasteiger partial charge is 0.255 e. The first-order chi connectivity index (χ1) is 12.6. The highest BCUT2D eigenvalue weighted by Crippen LogP contribution is 2.46. The van der Waals surface area contributed by atoms with Crippen LogP contribution < -0.4 is 11.1 Å². The van der Waals surface area contributed by atoms with Crippen molar-refractivity contribution >= 4 is 38.8 Å². The van der Waals surface area contributed by atoms with Crippen LogP contribution in [0.15, 0.2) is 66.7 Å². The Hall–Kier alpha value is -3.73. The Morgan fingerprint density at radius 3 is 2.12 bits per heavy atom. The van der Waals surface area contributed by atoms with E-state index in [1.807, 2.05) is 6.07 Å². The third-order valence-corrected chi connectivity index (χ3v) is 4.43. The number of phenols is 2. The fourth-order valence-corrected chi connectivity index (χ4v) is 3.19. The van der Waals surface area contributed by atoms with E-state index in [0.29, 0.717) is 38.5 Å². The summed E-state index contributed by atoms with van der Waals surface area (Å²) in [6.45, 7) is 0. The zero-order valence-electron chi connectivity index (χ0n) is 13.7. The second kappa shape index (κ2) is 5.97. The van der Waals surface area contributed by atoms with E-state index in [1.165, 1.54) is 0 Å². The molecule has 26 heavy (non-hydrogen) atoms. The zero-order valence-corrected chi connectivity index (χ0v) is 13.7. The number of carbonyl (C=O) groups excluding carboxylic acids is 1. The minimum atomic E-state index is -0.301. The van der Waals surface area contributed by atoms with Crippen molar-refractivity contribution in [3.63, 3.8) is 0 Å². The normalized spacial score (nSPS) is 10.9. The molecule has 0 aromatic heterocycles. The number of aromatic hydroxyl groups is 2. The van der Waals surface area contributed by atoms with Gasteiger partial charge < -0.3 is 21.3 Å². The van der Waals surface area contributed by atoms with Gasteiger partial charge in [-0.1, -0.05) is 42.5 Å². The molecule has 0 bridgehead atoms. The molecule has 128 valence electrons. The summed E-state index contributed by atoms with van der Waals surface area (Å²) in [6, 6.07) is 18.9. The van der Waals surface area contributed by atoms with Gasteiger partial charge in [-0.3, -0.25) is 4.79 Å². The van der Waals surface area contributed by atoms with Crippen molar-refractivity contribution in [1.82, 2.24) is 0 Å². The van der Waals surface area contributed by atoms with Gasteiger partial charge in [-0.15, -0.1) is 0 Å². The lowest BCUT2D eigenvalue weighted by Crippen LogP contribution is -2.11. The van der Waals surface area contributed by atoms with Gasteiger partial charge in [0.05, 0.1) is 16.5 Å². The number of nitrogen functional groups attached to an aromatic ring is 1.